The molecule has 1 aromatic heterocycles. The van der Waals surface area contributed by atoms with E-state index in [4.69, 9.17) is 0 Å². The molecule has 0 bridgehead atoms. The molecule has 0 spiro atoms. The molecule has 0 radical (unpaired) electrons. The van der Waals surface area contributed by atoms with Crippen LogP contribution in [0.5, 0.6) is 0 Å². The lowest BCUT2D eigenvalue weighted by Gasteiger charge is -2.38. The number of benzene rings is 1. The van der Waals surface area contributed by atoms with Crippen molar-refractivity contribution in [1.29, 1.82) is 0 Å². The fourth-order valence-electron chi connectivity index (χ4n) is 3.19. The van der Waals surface area contributed by atoms with Crippen molar-refractivity contribution in [2.45, 2.75) is 31.8 Å². The Kier molecular flexibility index (Phi) is 3.72. The van der Waals surface area contributed by atoms with Crippen LogP contribution in [0.25, 0.3) is 10.8 Å². The molecule has 1 fully saturated rings. The van der Waals surface area contributed by atoms with Crippen LogP contribution in [-0.2, 0) is 5.60 Å². The summed E-state index contributed by atoms with van der Waals surface area (Å²) in [7, 11) is 0. The summed E-state index contributed by atoms with van der Waals surface area (Å²) in [4.78, 5) is 6.93. The molecule has 0 aliphatic carbocycles. The number of hydrogen-bond acceptors (Lipinski definition) is 3. The topological polar surface area (TPSA) is 36.4 Å². The van der Waals surface area contributed by atoms with Gasteiger partial charge in [-0.1, -0.05) is 31.2 Å². The van der Waals surface area contributed by atoms with Crippen LogP contribution in [0.15, 0.2) is 36.5 Å². The van der Waals surface area contributed by atoms with Crippen LogP contribution >= 0.6 is 0 Å². The number of pyridine rings is 1. The Balaban J connectivity index is 1.91. The first-order valence-electron chi connectivity index (χ1n) is 7.52. The van der Waals surface area contributed by atoms with Crippen molar-refractivity contribution in [3.8, 4) is 0 Å². The summed E-state index contributed by atoms with van der Waals surface area (Å²) in [6.45, 7) is 5.23. The highest BCUT2D eigenvalue weighted by Gasteiger charge is 2.36. The van der Waals surface area contributed by atoms with Gasteiger partial charge >= 0.3 is 0 Å². The molecule has 0 saturated carbocycles. The maximum Gasteiger partial charge on any atom is 0.110 e. The van der Waals surface area contributed by atoms with Gasteiger partial charge in [0.15, 0.2) is 0 Å². The van der Waals surface area contributed by atoms with E-state index in [0.29, 0.717) is 0 Å². The van der Waals surface area contributed by atoms with Gasteiger partial charge in [-0.25, -0.2) is 0 Å². The van der Waals surface area contributed by atoms with Crippen LogP contribution in [0.2, 0.25) is 0 Å². The van der Waals surface area contributed by atoms with Gasteiger partial charge in [-0.3, -0.25) is 4.98 Å². The van der Waals surface area contributed by atoms with Gasteiger partial charge in [0.1, 0.15) is 5.60 Å². The first-order chi connectivity index (χ1) is 9.73. The molecular formula is C17H22N2O. The van der Waals surface area contributed by atoms with Gasteiger partial charge in [-0.15, -0.1) is 0 Å². The van der Waals surface area contributed by atoms with Crippen molar-refractivity contribution >= 4 is 10.8 Å². The van der Waals surface area contributed by atoms with Crippen molar-refractivity contribution in [2.75, 3.05) is 19.6 Å². The Morgan fingerprint density at radius 3 is 2.70 bits per heavy atom. The smallest absolute Gasteiger partial charge is 0.110 e. The summed E-state index contributed by atoms with van der Waals surface area (Å²) in [6, 6.07) is 10.2. The lowest BCUT2D eigenvalue weighted by molar-refractivity contribution is -0.0278. The SMILES string of the molecule is CCCN1CCC(O)(c2nccc3ccccc23)CC1. The van der Waals surface area contributed by atoms with Crippen molar-refractivity contribution in [2.24, 2.45) is 0 Å². The van der Waals surface area contributed by atoms with Crippen molar-refractivity contribution < 1.29 is 5.11 Å². The van der Waals surface area contributed by atoms with E-state index in [0.717, 1.165) is 48.9 Å². The molecule has 1 saturated heterocycles. The van der Waals surface area contributed by atoms with Crippen LogP contribution in [0, 0.1) is 0 Å². The molecule has 0 atom stereocenters. The fourth-order valence-corrected chi connectivity index (χ4v) is 3.19. The molecular weight excluding hydrogens is 248 g/mol. The summed E-state index contributed by atoms with van der Waals surface area (Å²) in [5.74, 6) is 0. The van der Waals surface area contributed by atoms with E-state index in [-0.39, 0.29) is 0 Å². The molecule has 1 aliphatic heterocycles. The van der Waals surface area contributed by atoms with E-state index in [9.17, 15) is 5.11 Å². The third-order valence-corrected chi connectivity index (χ3v) is 4.34. The molecule has 106 valence electrons. The largest absolute Gasteiger partial charge is 0.383 e. The van der Waals surface area contributed by atoms with Crippen molar-refractivity contribution in [3.63, 3.8) is 0 Å². The molecule has 1 aliphatic rings. The van der Waals surface area contributed by atoms with E-state index >= 15 is 0 Å². The Labute approximate surface area is 120 Å². The standard InChI is InChI=1S/C17H22N2O/c1-2-11-19-12-8-17(20,9-13-19)16-15-6-4-3-5-14(15)7-10-18-16/h3-7,10,20H,2,8-9,11-13H2,1H3. The number of fused-ring (bicyclic) bond motifs is 1. The van der Waals surface area contributed by atoms with E-state index in [1.54, 1.807) is 0 Å². The monoisotopic (exact) mass is 270 g/mol. The number of aliphatic hydroxyl groups is 1. The molecule has 2 aromatic rings. The molecule has 1 aromatic carbocycles. The fraction of sp³-hybridized carbons (Fsp3) is 0.471. The zero-order valence-corrected chi connectivity index (χ0v) is 12.0. The van der Waals surface area contributed by atoms with Gasteiger partial charge in [-0.2, -0.15) is 0 Å². The van der Waals surface area contributed by atoms with E-state index in [1.807, 2.05) is 24.4 Å². The number of aromatic nitrogens is 1. The summed E-state index contributed by atoms with van der Waals surface area (Å²) in [5, 5.41) is 13.3. The number of rotatable bonds is 3. The molecule has 1 N–H and O–H groups in total. The molecule has 20 heavy (non-hydrogen) atoms. The predicted molar refractivity (Wildman–Crippen MR) is 81.6 cm³/mol. The van der Waals surface area contributed by atoms with Crippen molar-refractivity contribution in [1.82, 2.24) is 9.88 Å². The van der Waals surface area contributed by atoms with Crippen LogP contribution in [-0.4, -0.2) is 34.6 Å². The lowest BCUT2D eigenvalue weighted by Crippen LogP contribution is -2.43. The van der Waals surface area contributed by atoms with Crippen LogP contribution in [0.1, 0.15) is 31.9 Å². The summed E-state index contributed by atoms with van der Waals surface area (Å²) in [6.07, 6.45) is 4.53. The van der Waals surface area contributed by atoms with Gasteiger partial charge in [0.2, 0.25) is 0 Å². The molecule has 0 amide bonds. The van der Waals surface area contributed by atoms with Gasteiger partial charge in [0.25, 0.3) is 0 Å². The van der Waals surface area contributed by atoms with Gasteiger partial charge in [0, 0.05) is 24.7 Å². The molecule has 3 nitrogen and oxygen atoms in total. The third-order valence-electron chi connectivity index (χ3n) is 4.34. The second kappa shape index (κ2) is 5.51. The van der Waals surface area contributed by atoms with E-state index in [1.165, 1.54) is 6.42 Å². The first kappa shape index (κ1) is 13.5. The highest BCUT2D eigenvalue weighted by atomic mass is 16.3. The van der Waals surface area contributed by atoms with E-state index in [2.05, 4.69) is 28.9 Å². The van der Waals surface area contributed by atoms with Crippen LogP contribution < -0.4 is 0 Å². The summed E-state index contributed by atoms with van der Waals surface area (Å²) in [5.41, 5.74) is 0.0808. The number of likely N-dealkylation sites (tertiary alicyclic amines) is 1. The van der Waals surface area contributed by atoms with Crippen molar-refractivity contribution in [3.05, 3.63) is 42.2 Å². The minimum Gasteiger partial charge on any atom is -0.383 e. The van der Waals surface area contributed by atoms with Gasteiger partial charge in [-0.05, 0) is 37.3 Å². The number of nitrogens with zero attached hydrogens (tertiary/aromatic N) is 2. The predicted octanol–water partition coefficient (Wildman–Crippen LogP) is 2.93. The zero-order chi connectivity index (χ0) is 14.0. The summed E-state index contributed by atoms with van der Waals surface area (Å²) >= 11 is 0. The molecule has 3 rings (SSSR count). The maximum absolute atomic E-state index is 11.0. The normalized spacial score (nSPS) is 19.3. The number of hydrogen-bond donors (Lipinski definition) is 1. The third kappa shape index (κ3) is 2.43. The Bertz CT molecular complexity index is 583. The Hall–Kier alpha value is -1.45. The molecule has 0 unspecified atom stereocenters. The van der Waals surface area contributed by atoms with Crippen LogP contribution in [0.3, 0.4) is 0 Å². The number of piperidine rings is 1. The second-order valence-corrected chi connectivity index (χ2v) is 5.75. The average Bonchev–Trinajstić information content (AvgIpc) is 2.49. The minimum atomic E-state index is -0.773. The highest BCUT2D eigenvalue weighted by molar-refractivity contribution is 5.85. The van der Waals surface area contributed by atoms with E-state index < -0.39 is 5.60 Å². The lowest BCUT2D eigenvalue weighted by atomic mass is 9.85. The van der Waals surface area contributed by atoms with Gasteiger partial charge < -0.3 is 10.0 Å². The van der Waals surface area contributed by atoms with Gasteiger partial charge in [0.05, 0.1) is 5.69 Å². The van der Waals surface area contributed by atoms with Crippen LogP contribution in [0.4, 0.5) is 0 Å². The molecule has 3 heteroatoms. The summed E-state index contributed by atoms with van der Waals surface area (Å²) < 4.78 is 0. The second-order valence-electron chi connectivity index (χ2n) is 5.75. The maximum atomic E-state index is 11.0. The quantitative estimate of drug-likeness (QED) is 0.931. The highest BCUT2D eigenvalue weighted by Crippen LogP contribution is 2.35. The molecule has 2 heterocycles. The average molecular weight is 270 g/mol. The first-order valence-corrected chi connectivity index (χ1v) is 7.52. The Morgan fingerprint density at radius 2 is 1.95 bits per heavy atom. The Morgan fingerprint density at radius 1 is 1.20 bits per heavy atom. The zero-order valence-electron chi connectivity index (χ0n) is 12.0. The minimum absolute atomic E-state index is 0.772.